The molecule has 0 unspecified atom stereocenters. The smallest absolute Gasteiger partial charge is 0.281 e. The lowest BCUT2D eigenvalue weighted by molar-refractivity contribution is -0.130. The number of amidine groups is 1. The minimum absolute atomic E-state index is 0.123. The number of hydrazine groups is 1. The predicted molar refractivity (Wildman–Crippen MR) is 147 cm³/mol. The summed E-state index contributed by atoms with van der Waals surface area (Å²) in [6.07, 6.45) is 3.49. The molecule has 188 valence electrons. The van der Waals surface area contributed by atoms with Crippen LogP contribution in [0.15, 0.2) is 87.3 Å². The summed E-state index contributed by atoms with van der Waals surface area (Å²) in [7, 11) is 3.64. The molecule has 2 aromatic heterocycles. The van der Waals surface area contributed by atoms with Gasteiger partial charge in [0.05, 0.1) is 23.4 Å². The maximum atomic E-state index is 13.4. The number of carbonyl (C=O) groups excluding carboxylic acids is 2. The van der Waals surface area contributed by atoms with Crippen molar-refractivity contribution < 1.29 is 14.0 Å². The van der Waals surface area contributed by atoms with Crippen LogP contribution in [0.2, 0.25) is 0 Å². The molecule has 1 fully saturated rings. The Morgan fingerprint density at radius 3 is 2.57 bits per heavy atom. The van der Waals surface area contributed by atoms with E-state index in [2.05, 4.69) is 5.32 Å². The van der Waals surface area contributed by atoms with Crippen LogP contribution in [0.4, 0.5) is 5.69 Å². The molecule has 1 saturated heterocycles. The van der Waals surface area contributed by atoms with E-state index in [4.69, 9.17) is 9.41 Å². The van der Waals surface area contributed by atoms with Gasteiger partial charge in [0, 0.05) is 36.3 Å². The lowest BCUT2D eigenvalue weighted by Gasteiger charge is -2.22. The number of thioether (sulfide) groups is 1. The first-order valence-electron chi connectivity index (χ1n) is 11.8. The second kappa shape index (κ2) is 10.5. The summed E-state index contributed by atoms with van der Waals surface area (Å²) < 4.78 is 7.29. The van der Waals surface area contributed by atoms with E-state index in [1.807, 2.05) is 92.3 Å². The number of fused-ring (bicyclic) bond motifs is 1. The number of hydrogen-bond donors (Lipinski definition) is 1. The average Bonchev–Trinajstić information content (AvgIpc) is 3.58. The van der Waals surface area contributed by atoms with Crippen molar-refractivity contribution in [2.45, 2.75) is 20.0 Å². The van der Waals surface area contributed by atoms with Gasteiger partial charge in [-0.1, -0.05) is 36.4 Å². The molecule has 0 atom stereocenters. The molecule has 8 nitrogen and oxygen atoms in total. The summed E-state index contributed by atoms with van der Waals surface area (Å²) in [5.74, 6) is 0.432. The molecule has 3 heterocycles. The molecule has 37 heavy (non-hydrogen) atoms. The van der Waals surface area contributed by atoms with Crippen LogP contribution in [0.3, 0.4) is 0 Å². The zero-order chi connectivity index (χ0) is 25.9. The Bertz CT molecular complexity index is 1500. The standard InChI is InChI=1S/C28H27N5O3S/c1-19-23(16-25-27(35)33(31(2)3)28(37-25)30-20-10-5-4-6-11-20)22-13-7-8-14-24(22)32(19)18-26(34)29-17-21-12-9-15-36-21/h4-16H,17-18H2,1-3H3,(H,29,34)/b25-16+,30-28?. The highest BCUT2D eigenvalue weighted by atomic mass is 32.2. The maximum Gasteiger partial charge on any atom is 0.281 e. The van der Waals surface area contributed by atoms with Crippen LogP contribution in [0.25, 0.3) is 17.0 Å². The fourth-order valence-corrected chi connectivity index (χ4v) is 5.31. The Kier molecular flexibility index (Phi) is 6.98. The van der Waals surface area contributed by atoms with Gasteiger partial charge in [-0.2, -0.15) is 0 Å². The number of amides is 2. The molecule has 1 aliphatic rings. The van der Waals surface area contributed by atoms with E-state index in [-0.39, 0.29) is 18.4 Å². The molecule has 2 aromatic carbocycles. The summed E-state index contributed by atoms with van der Waals surface area (Å²) in [5, 5.41) is 7.78. The summed E-state index contributed by atoms with van der Waals surface area (Å²) in [4.78, 5) is 31.5. The van der Waals surface area contributed by atoms with E-state index in [1.165, 1.54) is 11.8 Å². The number of aliphatic imine (C=N–C) groups is 1. The molecule has 1 aliphatic heterocycles. The van der Waals surface area contributed by atoms with Crippen LogP contribution in [0.1, 0.15) is 17.0 Å². The fourth-order valence-electron chi connectivity index (χ4n) is 4.28. The van der Waals surface area contributed by atoms with Crippen LogP contribution < -0.4 is 5.32 Å². The number of para-hydroxylation sites is 2. The molecule has 4 aromatic rings. The molecule has 0 radical (unpaired) electrons. The van der Waals surface area contributed by atoms with Crippen LogP contribution in [0, 0.1) is 6.92 Å². The number of rotatable bonds is 7. The van der Waals surface area contributed by atoms with Gasteiger partial charge in [0.2, 0.25) is 5.91 Å². The first kappa shape index (κ1) is 24.6. The van der Waals surface area contributed by atoms with Gasteiger partial charge in [-0.3, -0.25) is 9.59 Å². The van der Waals surface area contributed by atoms with Crippen molar-refractivity contribution in [2.24, 2.45) is 4.99 Å². The van der Waals surface area contributed by atoms with E-state index >= 15 is 0 Å². The topological polar surface area (TPSA) is 83.1 Å². The second-order valence-corrected chi connectivity index (χ2v) is 9.77. The normalized spacial score (nSPS) is 16.0. The maximum absolute atomic E-state index is 13.4. The molecule has 5 rings (SSSR count). The third-order valence-electron chi connectivity index (χ3n) is 6.06. The number of benzene rings is 2. The van der Waals surface area contributed by atoms with Crippen LogP contribution in [-0.4, -0.2) is 45.7 Å². The minimum atomic E-state index is -0.142. The number of nitrogens with one attached hydrogen (secondary N) is 1. The van der Waals surface area contributed by atoms with Crippen molar-refractivity contribution in [3.05, 3.63) is 94.9 Å². The number of carbonyl (C=O) groups is 2. The third kappa shape index (κ3) is 5.09. The lowest BCUT2D eigenvalue weighted by Crippen LogP contribution is -2.40. The fraction of sp³-hybridized carbons (Fsp3) is 0.179. The SMILES string of the molecule is Cc1c(/C=C2/SC(=Nc3ccccc3)N(N(C)C)C2=O)c2ccccc2n1CC(=O)NCc1ccco1. The highest BCUT2D eigenvalue weighted by molar-refractivity contribution is 8.18. The Morgan fingerprint density at radius 2 is 1.84 bits per heavy atom. The Labute approximate surface area is 219 Å². The minimum Gasteiger partial charge on any atom is -0.467 e. The first-order chi connectivity index (χ1) is 17.9. The van der Waals surface area contributed by atoms with Crippen molar-refractivity contribution in [3.8, 4) is 0 Å². The first-order valence-corrected chi connectivity index (χ1v) is 12.7. The van der Waals surface area contributed by atoms with Crippen LogP contribution >= 0.6 is 11.8 Å². The summed E-state index contributed by atoms with van der Waals surface area (Å²) >= 11 is 1.34. The van der Waals surface area contributed by atoms with Crippen molar-refractivity contribution in [2.75, 3.05) is 14.1 Å². The van der Waals surface area contributed by atoms with E-state index in [1.54, 1.807) is 22.3 Å². The van der Waals surface area contributed by atoms with Gasteiger partial charge in [0.25, 0.3) is 5.91 Å². The van der Waals surface area contributed by atoms with Gasteiger partial charge in [0.15, 0.2) is 5.17 Å². The molecule has 0 saturated carbocycles. The van der Waals surface area contributed by atoms with E-state index in [0.29, 0.717) is 22.4 Å². The van der Waals surface area contributed by atoms with E-state index < -0.39 is 0 Å². The highest BCUT2D eigenvalue weighted by Gasteiger charge is 2.35. The Balaban J connectivity index is 1.48. The lowest BCUT2D eigenvalue weighted by atomic mass is 10.1. The highest BCUT2D eigenvalue weighted by Crippen LogP contribution is 2.37. The van der Waals surface area contributed by atoms with Crippen LogP contribution in [-0.2, 0) is 22.7 Å². The van der Waals surface area contributed by atoms with Crippen molar-refractivity contribution in [1.82, 2.24) is 19.9 Å². The number of aromatic nitrogens is 1. The zero-order valence-electron chi connectivity index (χ0n) is 20.8. The molecule has 2 amide bonds. The average molecular weight is 514 g/mol. The largest absolute Gasteiger partial charge is 0.467 e. The van der Waals surface area contributed by atoms with Crippen molar-refractivity contribution in [1.29, 1.82) is 0 Å². The number of hydrogen-bond acceptors (Lipinski definition) is 6. The monoisotopic (exact) mass is 513 g/mol. The summed E-state index contributed by atoms with van der Waals surface area (Å²) in [6, 6.07) is 21.1. The van der Waals surface area contributed by atoms with Gasteiger partial charge in [0.1, 0.15) is 12.3 Å². The molecule has 0 aliphatic carbocycles. The van der Waals surface area contributed by atoms with Gasteiger partial charge >= 0.3 is 0 Å². The zero-order valence-corrected chi connectivity index (χ0v) is 21.7. The number of furan rings is 1. The van der Waals surface area contributed by atoms with Gasteiger partial charge in [-0.25, -0.2) is 15.0 Å². The summed E-state index contributed by atoms with van der Waals surface area (Å²) in [5.41, 5.74) is 3.52. The molecule has 1 N–H and O–H groups in total. The Hall–Kier alpha value is -4.08. The molecular formula is C28H27N5O3S. The molecule has 9 heteroatoms. The van der Waals surface area contributed by atoms with Gasteiger partial charge in [-0.05, 0) is 55.1 Å². The van der Waals surface area contributed by atoms with Gasteiger partial charge in [-0.15, -0.1) is 0 Å². The Morgan fingerprint density at radius 1 is 1.08 bits per heavy atom. The quantitative estimate of drug-likeness (QED) is 0.354. The summed E-state index contributed by atoms with van der Waals surface area (Å²) in [6.45, 7) is 2.46. The molecule has 0 bridgehead atoms. The van der Waals surface area contributed by atoms with Crippen LogP contribution in [0.5, 0.6) is 0 Å². The van der Waals surface area contributed by atoms with Gasteiger partial charge < -0.3 is 14.3 Å². The number of nitrogens with zero attached hydrogens (tertiary/aromatic N) is 4. The predicted octanol–water partition coefficient (Wildman–Crippen LogP) is 4.94. The van der Waals surface area contributed by atoms with E-state index in [0.717, 1.165) is 27.8 Å². The molecule has 0 spiro atoms. The van der Waals surface area contributed by atoms with Crippen molar-refractivity contribution >= 4 is 51.4 Å². The molecular weight excluding hydrogens is 486 g/mol. The second-order valence-electron chi connectivity index (χ2n) is 8.76. The third-order valence-corrected chi connectivity index (χ3v) is 7.02. The van der Waals surface area contributed by atoms with Crippen molar-refractivity contribution in [3.63, 3.8) is 0 Å². The van der Waals surface area contributed by atoms with E-state index in [9.17, 15) is 9.59 Å².